The second-order valence-electron chi connectivity index (χ2n) is 1.68. The highest BCUT2D eigenvalue weighted by Crippen LogP contribution is 2.11. The number of halogens is 1. The first-order chi connectivity index (χ1) is 4.74. The van der Waals surface area contributed by atoms with E-state index in [-0.39, 0.29) is 5.82 Å². The van der Waals surface area contributed by atoms with Crippen LogP contribution >= 0.6 is 15.9 Å². The van der Waals surface area contributed by atoms with Gasteiger partial charge in [0.15, 0.2) is 0 Å². The number of nitrogens with two attached hydrogens (primary N) is 1. The molecule has 1 rings (SSSR count). The first kappa shape index (κ1) is 7.03. The van der Waals surface area contributed by atoms with E-state index in [0.717, 1.165) is 0 Å². The molecule has 0 fully saturated rings. The molecule has 1 heterocycles. The summed E-state index contributed by atoms with van der Waals surface area (Å²) in [4.78, 5) is 3.82. The number of nitriles is 1. The predicted molar refractivity (Wildman–Crippen MR) is 41.1 cm³/mol. The van der Waals surface area contributed by atoms with E-state index in [4.69, 9.17) is 11.0 Å². The van der Waals surface area contributed by atoms with Gasteiger partial charge in [0.2, 0.25) is 0 Å². The van der Waals surface area contributed by atoms with Gasteiger partial charge in [-0.25, -0.2) is 4.98 Å². The van der Waals surface area contributed by atoms with E-state index in [1.165, 1.54) is 0 Å². The summed E-state index contributed by atoms with van der Waals surface area (Å²) in [5.41, 5.74) is 5.77. The molecule has 50 valence electrons. The van der Waals surface area contributed by atoms with Crippen molar-refractivity contribution in [3.63, 3.8) is 0 Å². The number of anilines is 1. The van der Waals surface area contributed by atoms with Gasteiger partial charge < -0.3 is 5.73 Å². The molecular weight excluding hydrogens is 194 g/mol. The highest BCUT2D eigenvalue weighted by Gasteiger charge is 1.97. The lowest BCUT2D eigenvalue weighted by Crippen LogP contribution is -1.93. The first-order valence-corrected chi connectivity index (χ1v) is 3.35. The van der Waals surface area contributed by atoms with Crippen molar-refractivity contribution in [1.82, 2.24) is 4.98 Å². The van der Waals surface area contributed by atoms with Gasteiger partial charge in [-0.2, -0.15) is 5.26 Å². The Morgan fingerprint density at radius 3 is 2.80 bits per heavy atom. The van der Waals surface area contributed by atoms with Gasteiger partial charge in [0, 0.05) is 0 Å². The molecule has 0 spiro atoms. The molecule has 0 amide bonds. The van der Waals surface area contributed by atoms with Crippen LogP contribution in [0.2, 0.25) is 0 Å². The minimum Gasteiger partial charge on any atom is -0.383 e. The molecule has 0 radical (unpaired) electrons. The summed E-state index contributed by atoms with van der Waals surface area (Å²) in [6, 6.07) is 5.21. The molecule has 0 aliphatic heterocycles. The van der Waals surface area contributed by atoms with E-state index in [2.05, 4.69) is 20.9 Å². The Kier molecular flexibility index (Phi) is 1.88. The Bertz CT molecular complexity index is 290. The third-order valence-corrected chi connectivity index (χ3v) is 1.45. The monoisotopic (exact) mass is 197 g/mol. The van der Waals surface area contributed by atoms with Crippen molar-refractivity contribution in [3.05, 3.63) is 22.3 Å². The zero-order valence-corrected chi connectivity index (χ0v) is 6.59. The van der Waals surface area contributed by atoms with Crippen molar-refractivity contribution >= 4 is 21.7 Å². The largest absolute Gasteiger partial charge is 0.383 e. The van der Waals surface area contributed by atoms with Gasteiger partial charge >= 0.3 is 0 Å². The van der Waals surface area contributed by atoms with Crippen LogP contribution in [0.5, 0.6) is 0 Å². The van der Waals surface area contributed by atoms with Gasteiger partial charge in [-0.05, 0) is 28.1 Å². The van der Waals surface area contributed by atoms with Crippen LogP contribution in [-0.2, 0) is 0 Å². The van der Waals surface area contributed by atoms with Crippen molar-refractivity contribution in [3.8, 4) is 6.07 Å². The summed E-state index contributed by atoms with van der Waals surface area (Å²) in [5, 5.41) is 8.42. The molecule has 0 bridgehead atoms. The summed E-state index contributed by atoms with van der Waals surface area (Å²) in [5.74, 6) is 0.261. The molecule has 0 aromatic carbocycles. The molecule has 4 heteroatoms. The fraction of sp³-hybridized carbons (Fsp3) is 0. The van der Waals surface area contributed by atoms with Crippen LogP contribution in [0.25, 0.3) is 0 Å². The summed E-state index contributed by atoms with van der Waals surface area (Å²) >= 11 is 3.12. The average molecular weight is 198 g/mol. The fourth-order valence-electron chi connectivity index (χ4n) is 0.545. The molecule has 0 aliphatic carbocycles. The molecule has 0 saturated heterocycles. The number of pyridine rings is 1. The van der Waals surface area contributed by atoms with Crippen molar-refractivity contribution in [2.24, 2.45) is 0 Å². The average Bonchev–Trinajstić information content (AvgIpc) is 1.88. The molecule has 2 N–H and O–H groups in total. The van der Waals surface area contributed by atoms with Crippen LogP contribution in [-0.4, -0.2) is 4.98 Å². The second kappa shape index (κ2) is 2.67. The Morgan fingerprint density at radius 2 is 2.30 bits per heavy atom. The van der Waals surface area contributed by atoms with E-state index in [1.54, 1.807) is 12.1 Å². The number of rotatable bonds is 0. The maximum Gasteiger partial charge on any atom is 0.142 e. The lowest BCUT2D eigenvalue weighted by molar-refractivity contribution is 1.27. The van der Waals surface area contributed by atoms with Gasteiger partial charge in [0.1, 0.15) is 16.5 Å². The Labute approximate surface area is 66.6 Å². The van der Waals surface area contributed by atoms with Crippen molar-refractivity contribution in [2.75, 3.05) is 5.73 Å². The molecule has 0 aliphatic rings. The number of nitrogen functional groups attached to an aromatic ring is 1. The molecule has 0 atom stereocenters. The van der Waals surface area contributed by atoms with E-state index in [1.807, 2.05) is 6.07 Å². The minimum absolute atomic E-state index is 0.261. The lowest BCUT2D eigenvalue weighted by atomic mass is 10.3. The standard InChI is InChI=1S/C6H4BrN3/c7-5-2-1-4(3-8)6(9)10-5/h1-2H,(H2,9,10). The zero-order chi connectivity index (χ0) is 7.56. The number of nitrogens with zero attached hydrogens (tertiary/aromatic N) is 2. The molecule has 0 unspecified atom stereocenters. The molecule has 1 aromatic rings. The van der Waals surface area contributed by atoms with E-state index < -0.39 is 0 Å². The number of hydrogen-bond donors (Lipinski definition) is 1. The van der Waals surface area contributed by atoms with E-state index >= 15 is 0 Å². The number of hydrogen-bond acceptors (Lipinski definition) is 3. The normalized spacial score (nSPS) is 8.80. The summed E-state index contributed by atoms with van der Waals surface area (Å²) < 4.78 is 0.643. The highest BCUT2D eigenvalue weighted by atomic mass is 79.9. The van der Waals surface area contributed by atoms with Crippen LogP contribution in [0, 0.1) is 11.3 Å². The number of aromatic nitrogens is 1. The quantitative estimate of drug-likeness (QED) is 0.639. The zero-order valence-electron chi connectivity index (χ0n) is 5.00. The van der Waals surface area contributed by atoms with Crippen molar-refractivity contribution in [2.45, 2.75) is 0 Å². The molecule has 0 saturated carbocycles. The molecule has 1 aromatic heterocycles. The third kappa shape index (κ3) is 1.25. The van der Waals surface area contributed by atoms with Gasteiger partial charge in [0.25, 0.3) is 0 Å². The topological polar surface area (TPSA) is 62.7 Å². The van der Waals surface area contributed by atoms with Crippen LogP contribution in [0.15, 0.2) is 16.7 Å². The van der Waals surface area contributed by atoms with Crippen molar-refractivity contribution < 1.29 is 0 Å². The summed E-state index contributed by atoms with van der Waals surface area (Å²) in [6.07, 6.45) is 0. The summed E-state index contributed by atoms with van der Waals surface area (Å²) in [6.45, 7) is 0. The van der Waals surface area contributed by atoms with Crippen LogP contribution in [0.3, 0.4) is 0 Å². The maximum absolute atomic E-state index is 8.42. The van der Waals surface area contributed by atoms with Gasteiger partial charge in [-0.1, -0.05) is 0 Å². The molecule has 3 nitrogen and oxygen atoms in total. The van der Waals surface area contributed by atoms with Crippen LogP contribution < -0.4 is 5.73 Å². The summed E-state index contributed by atoms with van der Waals surface area (Å²) in [7, 11) is 0. The Hall–Kier alpha value is -1.08. The third-order valence-electron chi connectivity index (χ3n) is 1.01. The highest BCUT2D eigenvalue weighted by molar-refractivity contribution is 9.10. The van der Waals surface area contributed by atoms with Crippen molar-refractivity contribution in [1.29, 1.82) is 5.26 Å². The maximum atomic E-state index is 8.42. The fourth-order valence-corrected chi connectivity index (χ4v) is 0.868. The van der Waals surface area contributed by atoms with Gasteiger partial charge in [-0.3, -0.25) is 0 Å². The minimum atomic E-state index is 0.261. The van der Waals surface area contributed by atoms with E-state index in [9.17, 15) is 0 Å². The smallest absolute Gasteiger partial charge is 0.142 e. The van der Waals surface area contributed by atoms with Crippen LogP contribution in [0.4, 0.5) is 5.82 Å². The Balaban J connectivity index is 3.23. The van der Waals surface area contributed by atoms with Crippen LogP contribution in [0.1, 0.15) is 5.56 Å². The van der Waals surface area contributed by atoms with E-state index in [0.29, 0.717) is 10.2 Å². The van der Waals surface area contributed by atoms with Gasteiger partial charge in [0.05, 0.1) is 5.56 Å². The Morgan fingerprint density at radius 1 is 1.60 bits per heavy atom. The second-order valence-corrected chi connectivity index (χ2v) is 2.49. The predicted octanol–water partition coefficient (Wildman–Crippen LogP) is 1.30. The first-order valence-electron chi connectivity index (χ1n) is 2.56. The molecule has 10 heavy (non-hydrogen) atoms. The lowest BCUT2D eigenvalue weighted by Gasteiger charge is -1.94. The SMILES string of the molecule is N#Cc1ccc(Br)nc1N. The molecular formula is C6H4BrN3. The van der Waals surface area contributed by atoms with Gasteiger partial charge in [-0.15, -0.1) is 0 Å².